The number of hydrogen-bond donors (Lipinski definition) is 1. The van der Waals surface area contributed by atoms with Crippen LogP contribution in [-0.2, 0) is 16.4 Å². The molecule has 0 spiro atoms. The smallest absolute Gasteiger partial charge is 0.0896 e. The first-order valence-corrected chi connectivity index (χ1v) is 13.4. The van der Waals surface area contributed by atoms with E-state index in [1.165, 1.54) is 25.6 Å². The van der Waals surface area contributed by atoms with Crippen LogP contribution in [0.2, 0.25) is 0 Å². The second kappa shape index (κ2) is 10.4. The lowest BCUT2D eigenvalue weighted by Crippen LogP contribution is -2.29. The Bertz CT molecular complexity index is 856. The quantitative estimate of drug-likeness (QED) is 0.305. The Balaban J connectivity index is 0.000000232. The SMILES string of the molecule is CC(C)(C)c1cc(C2(O)CCCCC2)ccc1Br.CC(C)(C)c1cc(I)ccc1Br. The number of halogens is 3. The van der Waals surface area contributed by atoms with Gasteiger partial charge in [0, 0.05) is 12.5 Å². The number of rotatable bonds is 1. The van der Waals surface area contributed by atoms with Gasteiger partial charge >= 0.3 is 0 Å². The summed E-state index contributed by atoms with van der Waals surface area (Å²) in [6, 6.07) is 12.8. The summed E-state index contributed by atoms with van der Waals surface area (Å²) >= 11 is 9.53. The Morgan fingerprint density at radius 3 is 1.70 bits per heavy atom. The molecule has 30 heavy (non-hydrogen) atoms. The fourth-order valence-electron chi connectivity index (χ4n) is 3.89. The highest BCUT2D eigenvalue weighted by Crippen LogP contribution is 2.40. The van der Waals surface area contributed by atoms with Crippen molar-refractivity contribution in [3.8, 4) is 0 Å². The monoisotopic (exact) mass is 648 g/mol. The van der Waals surface area contributed by atoms with E-state index in [1.54, 1.807) is 0 Å². The first-order valence-electron chi connectivity index (χ1n) is 10.7. The average Bonchev–Trinajstić information content (AvgIpc) is 2.63. The molecular weight excluding hydrogens is 615 g/mol. The fourth-order valence-corrected chi connectivity index (χ4v) is 6.06. The molecule has 2 aromatic rings. The van der Waals surface area contributed by atoms with Crippen molar-refractivity contribution in [3.63, 3.8) is 0 Å². The molecular formula is C26H35Br2IO. The second-order valence-electron chi connectivity index (χ2n) is 10.4. The number of benzene rings is 2. The minimum Gasteiger partial charge on any atom is -0.385 e. The van der Waals surface area contributed by atoms with Gasteiger partial charge in [-0.15, -0.1) is 0 Å². The van der Waals surface area contributed by atoms with Gasteiger partial charge in [0.05, 0.1) is 5.60 Å². The first-order chi connectivity index (χ1) is 13.7. The molecule has 0 aromatic heterocycles. The van der Waals surface area contributed by atoms with Crippen LogP contribution >= 0.6 is 54.5 Å². The maximum Gasteiger partial charge on any atom is 0.0896 e. The zero-order valence-electron chi connectivity index (χ0n) is 19.1. The normalized spacial score (nSPS) is 16.6. The molecule has 0 saturated heterocycles. The third-order valence-electron chi connectivity index (χ3n) is 5.73. The lowest BCUT2D eigenvalue weighted by molar-refractivity contribution is -0.000747. The van der Waals surface area contributed by atoms with Gasteiger partial charge in [0.25, 0.3) is 0 Å². The number of aliphatic hydroxyl groups is 1. The van der Waals surface area contributed by atoms with Crippen molar-refractivity contribution in [3.05, 3.63) is 65.6 Å². The van der Waals surface area contributed by atoms with Crippen LogP contribution in [0.25, 0.3) is 0 Å². The Morgan fingerprint density at radius 1 is 0.767 bits per heavy atom. The summed E-state index contributed by atoms with van der Waals surface area (Å²) in [4.78, 5) is 0. The summed E-state index contributed by atoms with van der Waals surface area (Å²) in [6.45, 7) is 13.3. The topological polar surface area (TPSA) is 20.2 Å². The summed E-state index contributed by atoms with van der Waals surface area (Å²) < 4.78 is 3.63. The molecule has 0 unspecified atom stereocenters. The Labute approximate surface area is 213 Å². The zero-order chi connectivity index (χ0) is 22.7. The molecule has 1 saturated carbocycles. The van der Waals surface area contributed by atoms with Crippen molar-refractivity contribution in [2.45, 2.75) is 90.1 Å². The van der Waals surface area contributed by atoms with Crippen molar-refractivity contribution in [1.29, 1.82) is 0 Å². The van der Waals surface area contributed by atoms with Gasteiger partial charge in [-0.25, -0.2) is 0 Å². The van der Waals surface area contributed by atoms with Gasteiger partial charge in [-0.2, -0.15) is 0 Å². The summed E-state index contributed by atoms with van der Waals surface area (Å²) in [5.41, 5.74) is 3.46. The summed E-state index contributed by atoms with van der Waals surface area (Å²) in [6.07, 6.45) is 5.33. The van der Waals surface area contributed by atoms with Gasteiger partial charge in [0.2, 0.25) is 0 Å². The van der Waals surface area contributed by atoms with E-state index in [0.717, 1.165) is 35.7 Å². The second-order valence-corrected chi connectivity index (χ2v) is 13.4. The van der Waals surface area contributed by atoms with Crippen LogP contribution < -0.4 is 0 Å². The van der Waals surface area contributed by atoms with Crippen LogP contribution in [0.15, 0.2) is 45.3 Å². The van der Waals surface area contributed by atoms with E-state index in [0.29, 0.717) is 0 Å². The molecule has 1 fully saturated rings. The summed E-state index contributed by atoms with van der Waals surface area (Å²) in [5, 5.41) is 10.8. The van der Waals surface area contributed by atoms with Crippen molar-refractivity contribution >= 4 is 54.5 Å². The lowest BCUT2D eigenvalue weighted by Gasteiger charge is -2.34. The van der Waals surface area contributed by atoms with Crippen molar-refractivity contribution in [2.75, 3.05) is 0 Å². The van der Waals surface area contributed by atoms with Gasteiger partial charge in [-0.05, 0) is 87.2 Å². The third kappa shape index (κ3) is 7.05. The summed E-state index contributed by atoms with van der Waals surface area (Å²) in [5.74, 6) is 0. The largest absolute Gasteiger partial charge is 0.385 e. The molecule has 1 aliphatic carbocycles. The molecule has 3 rings (SSSR count). The predicted octanol–water partition coefficient (Wildman–Crippen LogP) is 9.25. The highest BCUT2D eigenvalue weighted by Gasteiger charge is 2.32. The highest BCUT2D eigenvalue weighted by molar-refractivity contribution is 14.1. The number of hydrogen-bond acceptors (Lipinski definition) is 1. The fraction of sp³-hybridized carbons (Fsp3) is 0.538. The van der Waals surface area contributed by atoms with Crippen LogP contribution in [0.3, 0.4) is 0 Å². The van der Waals surface area contributed by atoms with Crippen LogP contribution in [0, 0.1) is 3.57 Å². The zero-order valence-corrected chi connectivity index (χ0v) is 24.4. The molecule has 0 aliphatic heterocycles. The molecule has 166 valence electrons. The van der Waals surface area contributed by atoms with Crippen molar-refractivity contribution in [2.24, 2.45) is 0 Å². The third-order valence-corrected chi connectivity index (χ3v) is 7.78. The maximum absolute atomic E-state index is 10.8. The van der Waals surface area contributed by atoms with Crippen LogP contribution in [0.1, 0.15) is 90.3 Å². The Morgan fingerprint density at radius 2 is 1.23 bits per heavy atom. The van der Waals surface area contributed by atoms with E-state index in [-0.39, 0.29) is 10.8 Å². The van der Waals surface area contributed by atoms with Crippen LogP contribution in [-0.4, -0.2) is 5.11 Å². The first kappa shape index (κ1) is 26.3. The van der Waals surface area contributed by atoms with E-state index in [9.17, 15) is 5.11 Å². The molecule has 0 amide bonds. The van der Waals surface area contributed by atoms with Crippen LogP contribution in [0.5, 0.6) is 0 Å². The molecule has 2 aromatic carbocycles. The Hall–Kier alpha value is 0.0900. The minimum atomic E-state index is -0.598. The molecule has 0 bridgehead atoms. The van der Waals surface area contributed by atoms with Gasteiger partial charge < -0.3 is 5.11 Å². The highest BCUT2D eigenvalue weighted by atomic mass is 127. The van der Waals surface area contributed by atoms with Gasteiger partial charge in [-0.1, -0.05) is 105 Å². The summed E-state index contributed by atoms with van der Waals surface area (Å²) in [7, 11) is 0. The standard InChI is InChI=1S/C16H23BrO.C10H12BrI/c1-15(2,3)13-11-12(7-8-14(13)17)16(18)9-5-4-6-10-16;1-10(2,3)8-6-7(12)4-5-9(8)11/h7-8,11,18H,4-6,9-10H2,1-3H3;4-6H,1-3H3. The van der Waals surface area contributed by atoms with Crippen molar-refractivity contribution < 1.29 is 5.11 Å². The van der Waals surface area contributed by atoms with E-state index >= 15 is 0 Å². The van der Waals surface area contributed by atoms with E-state index in [2.05, 4.69) is 132 Å². The van der Waals surface area contributed by atoms with Crippen molar-refractivity contribution in [1.82, 2.24) is 0 Å². The van der Waals surface area contributed by atoms with Crippen LogP contribution in [0.4, 0.5) is 0 Å². The predicted molar refractivity (Wildman–Crippen MR) is 145 cm³/mol. The van der Waals surface area contributed by atoms with Gasteiger partial charge in [0.15, 0.2) is 0 Å². The molecule has 4 heteroatoms. The Kier molecular flexibility index (Phi) is 9.09. The molecule has 0 atom stereocenters. The molecule has 0 heterocycles. The lowest BCUT2D eigenvalue weighted by atomic mass is 9.77. The van der Waals surface area contributed by atoms with Gasteiger partial charge in [-0.3, -0.25) is 0 Å². The van der Waals surface area contributed by atoms with E-state index in [1.807, 2.05) is 0 Å². The van der Waals surface area contributed by atoms with Gasteiger partial charge in [0.1, 0.15) is 0 Å². The van der Waals surface area contributed by atoms with E-state index < -0.39 is 5.60 Å². The molecule has 0 radical (unpaired) electrons. The molecule has 1 aliphatic rings. The maximum atomic E-state index is 10.8. The van der Waals surface area contributed by atoms with E-state index in [4.69, 9.17) is 0 Å². The molecule has 1 N–H and O–H groups in total. The average molecular weight is 650 g/mol. The minimum absolute atomic E-state index is 0.0971. The molecule has 1 nitrogen and oxygen atoms in total.